The lowest BCUT2D eigenvalue weighted by atomic mass is 10.2. The van der Waals surface area contributed by atoms with Gasteiger partial charge in [-0.3, -0.25) is 4.57 Å². The molecule has 0 radical (unpaired) electrons. The van der Waals surface area contributed by atoms with Crippen molar-refractivity contribution in [2.75, 3.05) is 0 Å². The van der Waals surface area contributed by atoms with Gasteiger partial charge in [0.05, 0.1) is 16.7 Å². The fourth-order valence-corrected chi connectivity index (χ4v) is 2.45. The number of imidazole rings is 1. The van der Waals surface area contributed by atoms with E-state index in [1.54, 1.807) is 12.1 Å². The topological polar surface area (TPSA) is 38.0 Å². The number of phenols is 1. The average molecular weight is 289 g/mol. The summed E-state index contributed by atoms with van der Waals surface area (Å²) in [5.41, 5.74) is 2.57. The Morgan fingerprint density at radius 3 is 2.53 bits per heavy atom. The molecule has 0 bridgehead atoms. The number of para-hydroxylation sites is 4. The van der Waals surface area contributed by atoms with Gasteiger partial charge in [-0.1, -0.05) is 24.3 Å². The zero-order valence-electron chi connectivity index (χ0n) is 8.84. The molecule has 3 nitrogen and oxygen atoms in total. The predicted molar refractivity (Wildman–Crippen MR) is 70.4 cm³/mol. The Balaban J connectivity index is 2.38. The van der Waals surface area contributed by atoms with E-state index in [9.17, 15) is 5.11 Å². The Kier molecular flexibility index (Phi) is 2.37. The number of halogens is 1. The van der Waals surface area contributed by atoms with Gasteiger partial charge < -0.3 is 5.11 Å². The molecule has 1 heterocycles. The standard InChI is InChI=1S/C13H9BrN2O/c14-13-15-9-5-1-2-6-10(9)16(13)11-7-3-4-8-12(11)17/h1-8,17H. The van der Waals surface area contributed by atoms with Crippen molar-refractivity contribution in [3.05, 3.63) is 53.3 Å². The molecule has 1 N–H and O–H groups in total. The minimum absolute atomic E-state index is 0.233. The number of phenolic OH excluding ortho intramolecular Hbond substituents is 1. The van der Waals surface area contributed by atoms with E-state index in [1.165, 1.54) is 0 Å². The van der Waals surface area contributed by atoms with Crippen LogP contribution in [0.3, 0.4) is 0 Å². The van der Waals surface area contributed by atoms with Gasteiger partial charge in [0, 0.05) is 0 Å². The second kappa shape index (κ2) is 3.89. The summed E-state index contributed by atoms with van der Waals surface area (Å²) in [6.45, 7) is 0. The summed E-state index contributed by atoms with van der Waals surface area (Å²) in [4.78, 5) is 4.40. The molecule has 0 saturated heterocycles. The Bertz CT molecular complexity index is 691. The third kappa shape index (κ3) is 1.61. The average Bonchev–Trinajstić information content (AvgIpc) is 2.66. The van der Waals surface area contributed by atoms with Crippen LogP contribution in [0.15, 0.2) is 53.3 Å². The fourth-order valence-electron chi connectivity index (χ4n) is 1.88. The predicted octanol–water partition coefficient (Wildman–Crippen LogP) is 3.49. The minimum atomic E-state index is 0.233. The SMILES string of the molecule is Oc1ccccc1-n1c(Br)nc2ccccc21. The van der Waals surface area contributed by atoms with Crippen LogP contribution in [0.1, 0.15) is 0 Å². The van der Waals surface area contributed by atoms with Crippen LogP contribution < -0.4 is 0 Å². The second-order valence-corrected chi connectivity index (χ2v) is 4.40. The maximum atomic E-state index is 9.90. The smallest absolute Gasteiger partial charge is 0.182 e. The summed E-state index contributed by atoms with van der Waals surface area (Å²) in [5, 5.41) is 9.90. The van der Waals surface area contributed by atoms with E-state index in [4.69, 9.17) is 0 Å². The molecule has 0 amide bonds. The van der Waals surface area contributed by atoms with E-state index in [-0.39, 0.29) is 5.75 Å². The molecule has 3 aromatic rings. The first kappa shape index (κ1) is 10.4. The van der Waals surface area contributed by atoms with E-state index < -0.39 is 0 Å². The van der Waals surface area contributed by atoms with Crippen LogP contribution in [0, 0.1) is 0 Å². The van der Waals surface area contributed by atoms with Crippen LogP contribution in [0.5, 0.6) is 5.75 Å². The molecule has 0 fully saturated rings. The first-order valence-corrected chi connectivity index (χ1v) is 5.98. The lowest BCUT2D eigenvalue weighted by Gasteiger charge is -2.07. The maximum absolute atomic E-state index is 9.90. The Morgan fingerprint density at radius 2 is 1.71 bits per heavy atom. The van der Waals surface area contributed by atoms with Gasteiger partial charge in [-0.05, 0) is 40.2 Å². The van der Waals surface area contributed by atoms with Crippen molar-refractivity contribution in [2.45, 2.75) is 0 Å². The third-order valence-corrected chi connectivity index (χ3v) is 3.17. The van der Waals surface area contributed by atoms with Gasteiger partial charge in [-0.2, -0.15) is 0 Å². The molecule has 2 aromatic carbocycles. The first-order chi connectivity index (χ1) is 8.27. The van der Waals surface area contributed by atoms with Crippen molar-refractivity contribution < 1.29 is 5.11 Å². The molecule has 17 heavy (non-hydrogen) atoms. The van der Waals surface area contributed by atoms with E-state index >= 15 is 0 Å². The lowest BCUT2D eigenvalue weighted by molar-refractivity contribution is 0.472. The molecule has 0 saturated carbocycles. The summed E-state index contributed by atoms with van der Waals surface area (Å²) in [6.07, 6.45) is 0. The highest BCUT2D eigenvalue weighted by molar-refractivity contribution is 9.10. The van der Waals surface area contributed by atoms with Crippen LogP contribution in [0.4, 0.5) is 0 Å². The summed E-state index contributed by atoms with van der Waals surface area (Å²) in [6, 6.07) is 15.0. The van der Waals surface area contributed by atoms with E-state index in [2.05, 4.69) is 20.9 Å². The molecule has 0 aliphatic heterocycles. The monoisotopic (exact) mass is 288 g/mol. The Hall–Kier alpha value is -1.81. The lowest BCUT2D eigenvalue weighted by Crippen LogP contribution is -1.94. The largest absolute Gasteiger partial charge is 0.506 e. The zero-order chi connectivity index (χ0) is 11.8. The highest BCUT2D eigenvalue weighted by atomic mass is 79.9. The van der Waals surface area contributed by atoms with Crippen molar-refractivity contribution in [3.8, 4) is 11.4 Å². The second-order valence-electron chi connectivity index (χ2n) is 3.69. The number of aromatic nitrogens is 2. The van der Waals surface area contributed by atoms with Gasteiger partial charge in [0.25, 0.3) is 0 Å². The highest BCUT2D eigenvalue weighted by Crippen LogP contribution is 2.29. The quantitative estimate of drug-likeness (QED) is 0.744. The normalized spacial score (nSPS) is 10.9. The van der Waals surface area contributed by atoms with Crippen molar-refractivity contribution in [1.82, 2.24) is 9.55 Å². The third-order valence-electron chi connectivity index (χ3n) is 2.64. The fraction of sp³-hybridized carbons (Fsp3) is 0. The van der Waals surface area contributed by atoms with Crippen molar-refractivity contribution >= 4 is 27.0 Å². The van der Waals surface area contributed by atoms with Crippen molar-refractivity contribution in [2.24, 2.45) is 0 Å². The number of nitrogens with zero attached hydrogens (tertiary/aromatic N) is 2. The van der Waals surface area contributed by atoms with Crippen LogP contribution in [-0.4, -0.2) is 14.7 Å². The molecule has 3 rings (SSSR count). The molecule has 4 heteroatoms. The van der Waals surface area contributed by atoms with Crippen LogP contribution >= 0.6 is 15.9 Å². The minimum Gasteiger partial charge on any atom is -0.506 e. The van der Waals surface area contributed by atoms with E-state index in [1.807, 2.05) is 41.0 Å². The number of rotatable bonds is 1. The van der Waals surface area contributed by atoms with E-state index in [0.717, 1.165) is 11.0 Å². The molecular weight excluding hydrogens is 280 g/mol. The molecule has 0 atom stereocenters. The number of hydrogen-bond acceptors (Lipinski definition) is 2. The molecule has 0 spiro atoms. The number of hydrogen-bond donors (Lipinski definition) is 1. The Morgan fingerprint density at radius 1 is 1.00 bits per heavy atom. The van der Waals surface area contributed by atoms with Gasteiger partial charge in [0.15, 0.2) is 4.73 Å². The van der Waals surface area contributed by atoms with Crippen LogP contribution in [0.25, 0.3) is 16.7 Å². The van der Waals surface area contributed by atoms with Gasteiger partial charge in [0.2, 0.25) is 0 Å². The van der Waals surface area contributed by atoms with Crippen LogP contribution in [0.2, 0.25) is 0 Å². The van der Waals surface area contributed by atoms with Gasteiger partial charge >= 0.3 is 0 Å². The summed E-state index contributed by atoms with van der Waals surface area (Å²) < 4.78 is 2.56. The van der Waals surface area contributed by atoms with E-state index in [0.29, 0.717) is 10.4 Å². The molecule has 0 aliphatic rings. The number of aromatic hydroxyl groups is 1. The maximum Gasteiger partial charge on any atom is 0.182 e. The summed E-state index contributed by atoms with van der Waals surface area (Å²) in [5.74, 6) is 0.233. The van der Waals surface area contributed by atoms with Gasteiger partial charge in [0.1, 0.15) is 5.75 Å². The number of benzene rings is 2. The van der Waals surface area contributed by atoms with Gasteiger partial charge in [-0.15, -0.1) is 0 Å². The first-order valence-electron chi connectivity index (χ1n) is 5.19. The zero-order valence-corrected chi connectivity index (χ0v) is 10.4. The number of fused-ring (bicyclic) bond motifs is 1. The molecule has 84 valence electrons. The Labute approximate surface area is 106 Å². The highest BCUT2D eigenvalue weighted by Gasteiger charge is 2.11. The molecule has 0 unspecified atom stereocenters. The molecule has 0 aliphatic carbocycles. The van der Waals surface area contributed by atoms with Crippen molar-refractivity contribution in [1.29, 1.82) is 0 Å². The summed E-state index contributed by atoms with van der Waals surface area (Å²) >= 11 is 3.42. The van der Waals surface area contributed by atoms with Gasteiger partial charge in [-0.25, -0.2) is 4.98 Å². The van der Waals surface area contributed by atoms with Crippen molar-refractivity contribution in [3.63, 3.8) is 0 Å². The molecule has 1 aromatic heterocycles. The molecular formula is C13H9BrN2O. The summed E-state index contributed by atoms with van der Waals surface area (Å²) in [7, 11) is 0. The van der Waals surface area contributed by atoms with Crippen LogP contribution in [-0.2, 0) is 0 Å².